The van der Waals surface area contributed by atoms with Crippen LogP contribution in [-0.4, -0.2) is 40.1 Å². The highest BCUT2D eigenvalue weighted by atomic mass is 19.4. The van der Waals surface area contributed by atoms with E-state index in [1.54, 1.807) is 6.07 Å². The van der Waals surface area contributed by atoms with Crippen LogP contribution in [-0.2, 0) is 0 Å². The Labute approximate surface area is 124 Å². The van der Waals surface area contributed by atoms with Gasteiger partial charge in [0.2, 0.25) is 5.88 Å². The summed E-state index contributed by atoms with van der Waals surface area (Å²) in [4.78, 5) is 14.8. The summed E-state index contributed by atoms with van der Waals surface area (Å²) in [6, 6.07) is 3.00. The molecule has 0 bridgehead atoms. The number of aromatic carboxylic acids is 1. The number of pyridine rings is 1. The zero-order chi connectivity index (χ0) is 16.3. The molecule has 0 aliphatic heterocycles. The van der Waals surface area contributed by atoms with Crippen molar-refractivity contribution in [3.63, 3.8) is 0 Å². The number of ether oxygens (including phenoxy) is 1. The van der Waals surface area contributed by atoms with Crippen molar-refractivity contribution in [2.75, 3.05) is 6.61 Å². The summed E-state index contributed by atoms with van der Waals surface area (Å²) in [5, 5.41) is 18.2. The molecule has 122 valence electrons. The van der Waals surface area contributed by atoms with Gasteiger partial charge in [0, 0.05) is 12.0 Å². The Morgan fingerprint density at radius 3 is 2.64 bits per heavy atom. The first kappa shape index (κ1) is 16.5. The second-order valence-corrected chi connectivity index (χ2v) is 5.28. The van der Waals surface area contributed by atoms with Crippen LogP contribution in [0.3, 0.4) is 0 Å². The van der Waals surface area contributed by atoms with E-state index in [0.717, 1.165) is 18.4 Å². The summed E-state index contributed by atoms with van der Waals surface area (Å²) in [5.74, 6) is -0.823. The predicted molar refractivity (Wildman–Crippen MR) is 70.0 cm³/mol. The third kappa shape index (κ3) is 4.87. The van der Waals surface area contributed by atoms with Crippen molar-refractivity contribution in [1.82, 2.24) is 4.98 Å². The number of halogens is 3. The summed E-state index contributed by atoms with van der Waals surface area (Å²) in [6.45, 7) is -0.160. The first-order valence-corrected chi connectivity index (χ1v) is 6.88. The fourth-order valence-corrected chi connectivity index (χ4v) is 2.05. The van der Waals surface area contributed by atoms with Crippen molar-refractivity contribution in [2.45, 2.75) is 43.9 Å². The van der Waals surface area contributed by atoms with Gasteiger partial charge in [-0.3, -0.25) is 0 Å². The van der Waals surface area contributed by atoms with E-state index in [0.29, 0.717) is 0 Å². The maximum atomic E-state index is 12.1. The van der Waals surface area contributed by atoms with Gasteiger partial charge in [0.1, 0.15) is 0 Å². The molecule has 1 aromatic heterocycles. The molecule has 8 heteroatoms. The van der Waals surface area contributed by atoms with E-state index in [2.05, 4.69) is 4.98 Å². The number of carboxylic acids is 1. The van der Waals surface area contributed by atoms with Gasteiger partial charge in [-0.15, -0.1) is 0 Å². The van der Waals surface area contributed by atoms with Crippen molar-refractivity contribution < 1.29 is 32.9 Å². The lowest BCUT2D eigenvalue weighted by atomic mass is 10.1. The van der Waals surface area contributed by atoms with E-state index < -0.39 is 24.7 Å². The van der Waals surface area contributed by atoms with Crippen LogP contribution in [0.2, 0.25) is 0 Å². The average molecular weight is 319 g/mol. The standard InChI is InChI=1S/C14H16F3NO4/c15-14(16,17)7-9(19)5-6-22-12-10(8-1-2-8)3-4-11(18-12)13(20)21/h3-4,8-9,19H,1-2,5-7H2,(H,20,21). The SMILES string of the molecule is O=C(O)c1ccc(C2CC2)c(OCCC(O)CC(F)(F)F)n1. The molecule has 1 heterocycles. The lowest BCUT2D eigenvalue weighted by Crippen LogP contribution is -2.21. The summed E-state index contributed by atoms with van der Waals surface area (Å²) in [7, 11) is 0. The number of carboxylic acid groups (broad SMARTS) is 1. The number of alkyl halides is 3. The molecule has 0 spiro atoms. The molecule has 2 N–H and O–H groups in total. The molecule has 5 nitrogen and oxygen atoms in total. The van der Waals surface area contributed by atoms with Gasteiger partial charge in [-0.25, -0.2) is 9.78 Å². The van der Waals surface area contributed by atoms with Crippen LogP contribution < -0.4 is 4.74 Å². The number of nitrogens with zero attached hydrogens (tertiary/aromatic N) is 1. The molecule has 22 heavy (non-hydrogen) atoms. The molecule has 0 radical (unpaired) electrons. The zero-order valence-electron chi connectivity index (χ0n) is 11.6. The van der Waals surface area contributed by atoms with Gasteiger partial charge in [-0.05, 0) is 24.8 Å². The quantitative estimate of drug-likeness (QED) is 0.808. The van der Waals surface area contributed by atoms with Crippen molar-refractivity contribution in [3.8, 4) is 5.88 Å². The highest BCUT2D eigenvalue weighted by Gasteiger charge is 2.31. The Morgan fingerprint density at radius 2 is 2.09 bits per heavy atom. The van der Waals surface area contributed by atoms with E-state index in [-0.39, 0.29) is 30.5 Å². The Balaban J connectivity index is 1.96. The lowest BCUT2D eigenvalue weighted by Gasteiger charge is -2.14. The molecule has 1 atom stereocenters. The fraction of sp³-hybridized carbons (Fsp3) is 0.571. The molecule has 1 aliphatic rings. The maximum absolute atomic E-state index is 12.1. The molecule has 0 saturated heterocycles. The van der Waals surface area contributed by atoms with E-state index in [4.69, 9.17) is 9.84 Å². The summed E-state index contributed by atoms with van der Waals surface area (Å²) >= 11 is 0. The number of aliphatic hydroxyl groups is 1. The van der Waals surface area contributed by atoms with Crippen molar-refractivity contribution in [1.29, 1.82) is 0 Å². The lowest BCUT2D eigenvalue weighted by molar-refractivity contribution is -0.154. The van der Waals surface area contributed by atoms with Crippen LogP contribution in [0.4, 0.5) is 13.2 Å². The van der Waals surface area contributed by atoms with Crippen LogP contribution in [0, 0.1) is 0 Å². The molecule has 0 aromatic carbocycles. The number of aromatic nitrogens is 1. The third-order valence-corrected chi connectivity index (χ3v) is 3.28. The predicted octanol–water partition coefficient (Wildman–Crippen LogP) is 2.74. The van der Waals surface area contributed by atoms with E-state index in [9.17, 15) is 23.1 Å². The number of hydrogen-bond acceptors (Lipinski definition) is 4. The monoisotopic (exact) mass is 319 g/mol. The van der Waals surface area contributed by atoms with Crippen molar-refractivity contribution in [3.05, 3.63) is 23.4 Å². The number of aliphatic hydroxyl groups excluding tert-OH is 1. The fourth-order valence-electron chi connectivity index (χ4n) is 2.05. The molecular formula is C14H16F3NO4. The van der Waals surface area contributed by atoms with Gasteiger partial charge in [0.05, 0.1) is 19.1 Å². The smallest absolute Gasteiger partial charge is 0.391 e. The first-order valence-electron chi connectivity index (χ1n) is 6.88. The minimum atomic E-state index is -4.43. The largest absolute Gasteiger partial charge is 0.477 e. The van der Waals surface area contributed by atoms with E-state index in [1.165, 1.54) is 6.07 Å². The first-order chi connectivity index (χ1) is 10.3. The van der Waals surface area contributed by atoms with Crippen LogP contribution in [0.1, 0.15) is 47.7 Å². The molecule has 1 fully saturated rings. The molecule has 2 rings (SSSR count). The van der Waals surface area contributed by atoms with Crippen LogP contribution in [0.5, 0.6) is 5.88 Å². The highest BCUT2D eigenvalue weighted by Crippen LogP contribution is 2.43. The number of carbonyl (C=O) groups is 1. The van der Waals surface area contributed by atoms with E-state index in [1.807, 2.05) is 0 Å². The topological polar surface area (TPSA) is 79.7 Å². The van der Waals surface area contributed by atoms with Gasteiger partial charge in [0.25, 0.3) is 0 Å². The van der Waals surface area contributed by atoms with Crippen LogP contribution >= 0.6 is 0 Å². The molecular weight excluding hydrogens is 303 g/mol. The molecule has 1 unspecified atom stereocenters. The van der Waals surface area contributed by atoms with E-state index >= 15 is 0 Å². The Bertz CT molecular complexity index is 543. The molecule has 1 saturated carbocycles. The average Bonchev–Trinajstić information content (AvgIpc) is 3.20. The van der Waals surface area contributed by atoms with Gasteiger partial charge in [0.15, 0.2) is 5.69 Å². The van der Waals surface area contributed by atoms with Gasteiger partial charge in [-0.2, -0.15) is 13.2 Å². The molecule has 0 amide bonds. The van der Waals surface area contributed by atoms with Gasteiger partial charge < -0.3 is 14.9 Å². The second-order valence-electron chi connectivity index (χ2n) is 5.28. The second kappa shape index (κ2) is 6.51. The summed E-state index contributed by atoms with van der Waals surface area (Å²) in [5.41, 5.74) is 0.575. The van der Waals surface area contributed by atoms with Gasteiger partial charge >= 0.3 is 12.1 Å². The normalized spacial score (nSPS) is 16.4. The number of hydrogen-bond donors (Lipinski definition) is 2. The third-order valence-electron chi connectivity index (χ3n) is 3.28. The maximum Gasteiger partial charge on any atom is 0.391 e. The van der Waals surface area contributed by atoms with Crippen molar-refractivity contribution >= 4 is 5.97 Å². The Hall–Kier alpha value is -1.83. The summed E-state index contributed by atoms with van der Waals surface area (Å²) in [6.07, 6.45) is -5.59. The molecule has 1 aliphatic carbocycles. The Kier molecular flexibility index (Phi) is 4.90. The van der Waals surface area contributed by atoms with Crippen LogP contribution in [0.15, 0.2) is 12.1 Å². The Morgan fingerprint density at radius 1 is 1.41 bits per heavy atom. The summed E-state index contributed by atoms with van der Waals surface area (Å²) < 4.78 is 41.6. The minimum Gasteiger partial charge on any atom is -0.477 e. The van der Waals surface area contributed by atoms with Crippen LogP contribution in [0.25, 0.3) is 0 Å². The number of rotatable bonds is 7. The zero-order valence-corrected chi connectivity index (χ0v) is 11.6. The van der Waals surface area contributed by atoms with Crippen molar-refractivity contribution in [2.24, 2.45) is 0 Å². The minimum absolute atomic E-state index is 0.126. The molecule has 1 aromatic rings. The van der Waals surface area contributed by atoms with Gasteiger partial charge in [-0.1, -0.05) is 6.07 Å². The highest BCUT2D eigenvalue weighted by molar-refractivity contribution is 5.85.